The summed E-state index contributed by atoms with van der Waals surface area (Å²) in [5.74, 6) is -0.219. The number of anilines is 1. The van der Waals surface area contributed by atoms with Gasteiger partial charge in [0, 0.05) is 36.8 Å². The fourth-order valence-electron chi connectivity index (χ4n) is 3.24. The van der Waals surface area contributed by atoms with Crippen LogP contribution >= 0.6 is 0 Å². The van der Waals surface area contributed by atoms with E-state index < -0.39 is 11.7 Å². The van der Waals surface area contributed by atoms with Crippen LogP contribution in [0.25, 0.3) is 11.4 Å². The number of aromatic nitrogens is 2. The van der Waals surface area contributed by atoms with Gasteiger partial charge in [-0.15, -0.1) is 0 Å². The Balaban J connectivity index is 1.39. The number of carbonyl (C=O) groups is 2. The summed E-state index contributed by atoms with van der Waals surface area (Å²) in [5.41, 5.74) is 0.485. The highest BCUT2D eigenvalue weighted by atomic mass is 19.4. The van der Waals surface area contributed by atoms with E-state index in [0.717, 1.165) is 12.1 Å². The quantitative estimate of drug-likeness (QED) is 0.677. The second-order valence-electron chi connectivity index (χ2n) is 7.20. The van der Waals surface area contributed by atoms with Crippen LogP contribution in [-0.2, 0) is 11.0 Å². The highest BCUT2D eigenvalue weighted by Gasteiger charge is 2.36. The third-order valence-electron chi connectivity index (χ3n) is 4.86. The minimum absolute atomic E-state index is 0.0689. The van der Waals surface area contributed by atoms with E-state index in [2.05, 4.69) is 15.5 Å². The summed E-state index contributed by atoms with van der Waals surface area (Å²) in [5, 5.41) is 6.41. The summed E-state index contributed by atoms with van der Waals surface area (Å²) in [4.78, 5) is 29.4. The Labute approximate surface area is 174 Å². The van der Waals surface area contributed by atoms with Crippen LogP contribution in [0.1, 0.15) is 34.7 Å². The molecule has 0 radical (unpaired) electrons. The largest absolute Gasteiger partial charge is 0.416 e. The van der Waals surface area contributed by atoms with Gasteiger partial charge in [0.05, 0.1) is 11.5 Å². The van der Waals surface area contributed by atoms with Crippen LogP contribution in [0.5, 0.6) is 0 Å². The Bertz CT molecular complexity index is 1120. The summed E-state index contributed by atoms with van der Waals surface area (Å²) in [7, 11) is 0. The molecular weight excluding hydrogens is 413 g/mol. The number of hydrogen-bond acceptors (Lipinski definition) is 5. The van der Waals surface area contributed by atoms with E-state index in [1.54, 1.807) is 29.2 Å². The number of amides is 2. The molecule has 1 saturated heterocycles. The van der Waals surface area contributed by atoms with Crippen LogP contribution in [0.4, 0.5) is 18.9 Å². The standard InChI is InChI=1S/C21H17F3N4O3/c1-12(29)25-17-7-5-13(6-8-17)20(30)28-10-15(11-28)19-26-18(27-31-19)14-3-2-4-16(9-14)21(22,23)24/h2-9,15H,10-11H2,1H3,(H,25,29). The lowest BCUT2D eigenvalue weighted by molar-refractivity contribution is -0.137. The maximum atomic E-state index is 12.9. The molecule has 0 bridgehead atoms. The molecule has 31 heavy (non-hydrogen) atoms. The molecule has 7 nitrogen and oxygen atoms in total. The van der Waals surface area contributed by atoms with Crippen LogP contribution in [0, 0.1) is 0 Å². The highest BCUT2D eigenvalue weighted by molar-refractivity contribution is 5.96. The minimum Gasteiger partial charge on any atom is -0.339 e. The molecule has 4 rings (SSSR count). The van der Waals surface area contributed by atoms with Crippen molar-refractivity contribution in [2.45, 2.75) is 19.0 Å². The molecule has 0 saturated carbocycles. The fourth-order valence-corrected chi connectivity index (χ4v) is 3.24. The first-order chi connectivity index (χ1) is 14.7. The smallest absolute Gasteiger partial charge is 0.339 e. The van der Waals surface area contributed by atoms with Crippen molar-refractivity contribution in [3.63, 3.8) is 0 Å². The summed E-state index contributed by atoms with van der Waals surface area (Å²) in [6, 6.07) is 11.2. The van der Waals surface area contributed by atoms with Crippen LogP contribution < -0.4 is 5.32 Å². The summed E-state index contributed by atoms with van der Waals surface area (Å²) < 4.78 is 43.9. The van der Waals surface area contributed by atoms with Crippen molar-refractivity contribution in [3.05, 3.63) is 65.5 Å². The lowest BCUT2D eigenvalue weighted by Crippen LogP contribution is -2.48. The van der Waals surface area contributed by atoms with Gasteiger partial charge in [-0.1, -0.05) is 17.3 Å². The Kier molecular flexibility index (Phi) is 5.22. The molecule has 1 aliphatic rings. The molecule has 2 amide bonds. The molecule has 0 unspecified atom stereocenters. The zero-order chi connectivity index (χ0) is 22.2. The molecule has 160 valence electrons. The number of halogens is 3. The molecule has 0 atom stereocenters. The summed E-state index contributed by atoms with van der Waals surface area (Å²) in [6.07, 6.45) is -4.46. The van der Waals surface area contributed by atoms with Crippen molar-refractivity contribution >= 4 is 17.5 Å². The number of hydrogen-bond donors (Lipinski definition) is 1. The zero-order valence-electron chi connectivity index (χ0n) is 16.3. The van der Waals surface area contributed by atoms with Crippen molar-refractivity contribution in [1.29, 1.82) is 0 Å². The molecule has 0 spiro atoms. The number of nitrogens with zero attached hydrogens (tertiary/aromatic N) is 3. The van der Waals surface area contributed by atoms with Gasteiger partial charge in [0.15, 0.2) is 0 Å². The van der Waals surface area contributed by atoms with Crippen LogP contribution in [0.2, 0.25) is 0 Å². The van der Waals surface area contributed by atoms with Crippen molar-refractivity contribution < 1.29 is 27.3 Å². The van der Waals surface area contributed by atoms with Gasteiger partial charge in [0.1, 0.15) is 0 Å². The van der Waals surface area contributed by atoms with Crippen molar-refractivity contribution in [2.24, 2.45) is 0 Å². The van der Waals surface area contributed by atoms with Gasteiger partial charge in [0.25, 0.3) is 5.91 Å². The average molecular weight is 430 g/mol. The van der Waals surface area contributed by atoms with Gasteiger partial charge < -0.3 is 14.7 Å². The zero-order valence-corrected chi connectivity index (χ0v) is 16.3. The number of carbonyl (C=O) groups excluding carboxylic acids is 2. The van der Waals surface area contributed by atoms with E-state index in [0.29, 0.717) is 24.3 Å². The predicted molar refractivity (Wildman–Crippen MR) is 104 cm³/mol. The normalized spacial score (nSPS) is 14.3. The Morgan fingerprint density at radius 2 is 1.84 bits per heavy atom. The Morgan fingerprint density at radius 1 is 1.13 bits per heavy atom. The Hall–Kier alpha value is -3.69. The Morgan fingerprint density at radius 3 is 2.48 bits per heavy atom. The maximum Gasteiger partial charge on any atom is 0.416 e. The van der Waals surface area contributed by atoms with Gasteiger partial charge in [-0.05, 0) is 36.4 Å². The van der Waals surface area contributed by atoms with Crippen molar-refractivity contribution in [2.75, 3.05) is 18.4 Å². The van der Waals surface area contributed by atoms with Crippen LogP contribution in [0.15, 0.2) is 53.1 Å². The maximum absolute atomic E-state index is 12.9. The molecule has 3 aromatic rings. The lowest BCUT2D eigenvalue weighted by Gasteiger charge is -2.37. The minimum atomic E-state index is -4.46. The molecule has 1 aliphatic heterocycles. The molecule has 1 aromatic heterocycles. The predicted octanol–water partition coefficient (Wildman–Crippen LogP) is 3.95. The number of nitrogens with one attached hydrogen (secondary N) is 1. The molecule has 10 heteroatoms. The monoisotopic (exact) mass is 430 g/mol. The van der Waals surface area contributed by atoms with E-state index >= 15 is 0 Å². The highest BCUT2D eigenvalue weighted by Crippen LogP contribution is 2.33. The van der Waals surface area contributed by atoms with E-state index in [9.17, 15) is 22.8 Å². The molecule has 1 fully saturated rings. The molecule has 0 aliphatic carbocycles. The van der Waals surface area contributed by atoms with Gasteiger partial charge in [-0.3, -0.25) is 9.59 Å². The number of likely N-dealkylation sites (tertiary alicyclic amines) is 1. The van der Waals surface area contributed by atoms with E-state index in [4.69, 9.17) is 4.52 Å². The SMILES string of the molecule is CC(=O)Nc1ccc(C(=O)N2CC(c3nc(-c4cccc(C(F)(F)F)c4)no3)C2)cc1. The van der Waals surface area contributed by atoms with Crippen molar-refractivity contribution in [1.82, 2.24) is 15.0 Å². The lowest BCUT2D eigenvalue weighted by atomic mass is 9.98. The molecular formula is C21H17F3N4O3. The van der Waals surface area contributed by atoms with E-state index in [-0.39, 0.29) is 35.0 Å². The van der Waals surface area contributed by atoms with Gasteiger partial charge in [-0.2, -0.15) is 18.2 Å². The van der Waals surface area contributed by atoms with Crippen molar-refractivity contribution in [3.8, 4) is 11.4 Å². The first kappa shape index (κ1) is 20.6. The molecule has 1 N–H and O–H groups in total. The topological polar surface area (TPSA) is 88.3 Å². The van der Waals surface area contributed by atoms with Gasteiger partial charge in [-0.25, -0.2) is 0 Å². The second-order valence-corrected chi connectivity index (χ2v) is 7.20. The van der Waals surface area contributed by atoms with Crippen LogP contribution in [-0.4, -0.2) is 39.9 Å². The summed E-state index contributed by atoms with van der Waals surface area (Å²) in [6.45, 7) is 2.11. The van der Waals surface area contributed by atoms with E-state index in [1.165, 1.54) is 19.1 Å². The summed E-state index contributed by atoms with van der Waals surface area (Å²) >= 11 is 0. The van der Waals surface area contributed by atoms with Crippen LogP contribution in [0.3, 0.4) is 0 Å². The first-order valence-corrected chi connectivity index (χ1v) is 9.39. The number of rotatable bonds is 4. The number of benzene rings is 2. The third kappa shape index (κ3) is 4.42. The fraction of sp³-hybridized carbons (Fsp3) is 0.238. The molecule has 2 aromatic carbocycles. The van der Waals surface area contributed by atoms with Gasteiger partial charge >= 0.3 is 6.18 Å². The third-order valence-corrected chi connectivity index (χ3v) is 4.86. The molecule has 2 heterocycles. The number of alkyl halides is 3. The average Bonchev–Trinajstić information content (AvgIpc) is 3.16. The first-order valence-electron chi connectivity index (χ1n) is 9.39. The van der Waals surface area contributed by atoms with E-state index in [1.807, 2.05) is 0 Å². The van der Waals surface area contributed by atoms with Gasteiger partial charge in [0.2, 0.25) is 17.6 Å². The second kappa shape index (κ2) is 7.86.